The number of carbonyl (C=O) groups excluding carboxylic acids is 2. The summed E-state index contributed by atoms with van der Waals surface area (Å²) in [7, 11) is 0. The van der Waals surface area contributed by atoms with Crippen LogP contribution in [0.25, 0.3) is 0 Å². The number of carbonyl (C=O) groups is 2. The van der Waals surface area contributed by atoms with Gasteiger partial charge in [0.05, 0.1) is 31.0 Å². The van der Waals surface area contributed by atoms with Crippen LogP contribution in [-0.4, -0.2) is 76.9 Å². The molecule has 0 aromatic carbocycles. The summed E-state index contributed by atoms with van der Waals surface area (Å²) < 4.78 is 22.9. The van der Waals surface area contributed by atoms with Crippen LogP contribution in [-0.2, 0) is 28.5 Å². The fraction of sp³-hybridized carbons (Fsp3) is 0.724. The maximum absolute atomic E-state index is 12.4. The van der Waals surface area contributed by atoms with E-state index in [4.69, 9.17) is 18.9 Å². The van der Waals surface area contributed by atoms with E-state index < -0.39 is 29.5 Å². The summed E-state index contributed by atoms with van der Waals surface area (Å²) in [6.45, 7) is 11.4. The predicted molar refractivity (Wildman–Crippen MR) is 139 cm³/mol. The van der Waals surface area contributed by atoms with Gasteiger partial charge in [-0.2, -0.15) is 0 Å². The van der Waals surface area contributed by atoms with Crippen molar-refractivity contribution in [3.63, 3.8) is 0 Å². The molecule has 2 N–H and O–H groups in total. The third-order valence-corrected chi connectivity index (χ3v) is 7.75. The third-order valence-electron chi connectivity index (χ3n) is 7.75. The average Bonchev–Trinajstić information content (AvgIpc) is 3.59. The number of aliphatic hydroxyl groups excluding tert-OH is 2. The first-order valence-electron chi connectivity index (χ1n) is 13.4. The highest BCUT2D eigenvalue weighted by atomic mass is 16.6. The summed E-state index contributed by atoms with van der Waals surface area (Å²) in [6.07, 6.45) is 9.83. The van der Waals surface area contributed by atoms with Gasteiger partial charge in [-0.05, 0) is 64.5 Å². The number of epoxide rings is 1. The molecule has 1 unspecified atom stereocenters. The summed E-state index contributed by atoms with van der Waals surface area (Å²) in [5, 5.41) is 20.5. The monoisotopic (exact) mass is 520 g/mol. The Morgan fingerprint density at radius 1 is 1.22 bits per heavy atom. The van der Waals surface area contributed by atoms with E-state index >= 15 is 0 Å². The summed E-state index contributed by atoms with van der Waals surface area (Å²) in [5.41, 5.74) is -0.318. The molecular weight excluding hydrogens is 476 g/mol. The number of ketones is 1. The first kappa shape index (κ1) is 29.7. The van der Waals surface area contributed by atoms with E-state index in [1.54, 1.807) is 13.0 Å². The molecule has 0 amide bonds. The van der Waals surface area contributed by atoms with E-state index in [1.807, 2.05) is 32.9 Å². The zero-order valence-electron chi connectivity index (χ0n) is 23.0. The molecule has 3 aliphatic heterocycles. The smallest absolute Gasteiger partial charge is 0.303 e. The molecule has 8 heteroatoms. The van der Waals surface area contributed by atoms with E-state index in [1.165, 1.54) is 13.0 Å². The Kier molecular flexibility index (Phi) is 9.91. The van der Waals surface area contributed by atoms with E-state index in [-0.39, 0.29) is 36.5 Å². The molecule has 8 nitrogen and oxygen atoms in total. The predicted octanol–water partition coefficient (Wildman–Crippen LogP) is 3.45. The highest BCUT2D eigenvalue weighted by molar-refractivity contribution is 5.89. The molecule has 0 bridgehead atoms. The molecule has 37 heavy (non-hydrogen) atoms. The first-order valence-corrected chi connectivity index (χ1v) is 13.4. The van der Waals surface area contributed by atoms with Crippen LogP contribution in [0.2, 0.25) is 0 Å². The van der Waals surface area contributed by atoms with E-state index in [2.05, 4.69) is 13.0 Å². The first-order chi connectivity index (χ1) is 17.4. The summed E-state index contributed by atoms with van der Waals surface area (Å²) in [5.74, 6) is 0.0740. The lowest BCUT2D eigenvalue weighted by molar-refractivity contribution is -0.192. The van der Waals surface area contributed by atoms with Gasteiger partial charge in [0.15, 0.2) is 5.78 Å². The average molecular weight is 521 g/mol. The zero-order chi connectivity index (χ0) is 27.4. The molecule has 3 heterocycles. The van der Waals surface area contributed by atoms with Gasteiger partial charge in [-0.15, -0.1) is 0 Å². The normalized spacial score (nSPS) is 39.3. The van der Waals surface area contributed by atoms with Crippen LogP contribution >= 0.6 is 0 Å². The Labute approximate surface area is 220 Å². The van der Waals surface area contributed by atoms with E-state index in [0.29, 0.717) is 25.4 Å². The maximum Gasteiger partial charge on any atom is 0.303 e. The van der Waals surface area contributed by atoms with Gasteiger partial charge < -0.3 is 29.2 Å². The van der Waals surface area contributed by atoms with Gasteiger partial charge in [-0.3, -0.25) is 9.59 Å². The second kappa shape index (κ2) is 12.3. The minimum atomic E-state index is -0.766. The second-order valence-electron chi connectivity index (χ2n) is 11.4. The van der Waals surface area contributed by atoms with Crippen molar-refractivity contribution in [3.8, 4) is 0 Å². The lowest BCUT2D eigenvalue weighted by Crippen LogP contribution is -2.56. The number of hydrogen-bond donors (Lipinski definition) is 2. The molecule has 0 aromatic heterocycles. The molecule has 0 aliphatic carbocycles. The Bertz CT molecular complexity index is 904. The van der Waals surface area contributed by atoms with E-state index in [9.17, 15) is 19.8 Å². The van der Waals surface area contributed by atoms with Crippen LogP contribution in [0.4, 0.5) is 0 Å². The Morgan fingerprint density at radius 2 is 1.92 bits per heavy atom. The van der Waals surface area contributed by atoms with Gasteiger partial charge in [0.25, 0.3) is 0 Å². The second-order valence-corrected chi connectivity index (χ2v) is 11.4. The zero-order valence-corrected chi connectivity index (χ0v) is 23.0. The van der Waals surface area contributed by atoms with Gasteiger partial charge in [0, 0.05) is 19.8 Å². The lowest BCUT2D eigenvalue weighted by Gasteiger charge is -2.42. The van der Waals surface area contributed by atoms with Crippen LogP contribution in [0.15, 0.2) is 36.0 Å². The molecular formula is C29H44O8. The molecule has 9 atom stereocenters. The van der Waals surface area contributed by atoms with Crippen molar-refractivity contribution in [2.75, 3.05) is 13.2 Å². The summed E-state index contributed by atoms with van der Waals surface area (Å²) in [6, 6.07) is 0. The van der Waals surface area contributed by atoms with Crippen LogP contribution in [0.5, 0.6) is 0 Å². The molecule has 0 saturated carbocycles. The standard InChI is InChI=1S/C29H44O8/c1-18(8-12-26-27(33)29(17-34-29)15-28(6,16-30)37-26)7-11-25-19(2)13-23(21(4)36-25)14-24(32)10-9-20(3)35-22(5)31/h7-10,12,19-21,23,25-27,30,33H,11,13-17H2,1-6H3/b10-9-,12-8+,18-7+/t19-,20-,21+,23+,25-,26?,27+,28-,29+/m0/s1. The molecule has 3 saturated heterocycles. The number of aliphatic hydroxyl groups is 2. The molecule has 0 radical (unpaired) electrons. The van der Waals surface area contributed by atoms with E-state index in [0.717, 1.165) is 18.4 Å². The molecule has 0 aromatic rings. The fourth-order valence-electron chi connectivity index (χ4n) is 5.44. The van der Waals surface area contributed by atoms with Gasteiger partial charge in [-0.1, -0.05) is 30.7 Å². The van der Waals surface area contributed by atoms with Crippen molar-refractivity contribution < 1.29 is 38.7 Å². The Morgan fingerprint density at radius 3 is 2.54 bits per heavy atom. The van der Waals surface area contributed by atoms with Gasteiger partial charge in [0.1, 0.15) is 23.9 Å². The van der Waals surface area contributed by atoms with Gasteiger partial charge >= 0.3 is 5.97 Å². The molecule has 208 valence electrons. The van der Waals surface area contributed by atoms with Crippen molar-refractivity contribution in [2.24, 2.45) is 11.8 Å². The minimum absolute atomic E-state index is 0.00812. The van der Waals surface area contributed by atoms with Crippen LogP contribution in [0, 0.1) is 11.8 Å². The van der Waals surface area contributed by atoms with Crippen molar-refractivity contribution in [1.29, 1.82) is 0 Å². The SMILES string of the molecule is CC(=O)O[C@@H](C)/C=C\C(=O)C[C@H]1C[C@H](C)[C@H](C/C=C(C)/C=C/C2O[C@](C)(CO)C[C@@]3(CO3)[C@@H]2O)O[C@@H]1C. The molecule has 3 fully saturated rings. The topological polar surface area (TPSA) is 115 Å². The maximum atomic E-state index is 12.4. The largest absolute Gasteiger partial charge is 0.459 e. The highest BCUT2D eigenvalue weighted by Crippen LogP contribution is 2.46. The Hall–Kier alpha value is -1.84. The van der Waals surface area contributed by atoms with Gasteiger partial charge in [0.2, 0.25) is 0 Å². The quantitative estimate of drug-likeness (QED) is 0.195. The summed E-state index contributed by atoms with van der Waals surface area (Å²) in [4.78, 5) is 23.4. The lowest BCUT2D eigenvalue weighted by atomic mass is 9.81. The van der Waals surface area contributed by atoms with Crippen LogP contribution in [0.3, 0.4) is 0 Å². The number of ether oxygens (including phenoxy) is 4. The number of allylic oxidation sites excluding steroid dienone is 3. The number of esters is 1. The van der Waals surface area contributed by atoms with Crippen molar-refractivity contribution >= 4 is 11.8 Å². The number of rotatable bonds is 10. The fourth-order valence-corrected chi connectivity index (χ4v) is 5.44. The molecule has 3 aliphatic rings. The highest BCUT2D eigenvalue weighted by Gasteiger charge is 2.61. The van der Waals surface area contributed by atoms with Crippen molar-refractivity contribution in [1.82, 2.24) is 0 Å². The summed E-state index contributed by atoms with van der Waals surface area (Å²) >= 11 is 0. The van der Waals surface area contributed by atoms with Crippen molar-refractivity contribution in [2.45, 2.75) is 109 Å². The van der Waals surface area contributed by atoms with Gasteiger partial charge in [-0.25, -0.2) is 0 Å². The number of hydrogen-bond acceptors (Lipinski definition) is 8. The molecule has 1 spiro atoms. The van der Waals surface area contributed by atoms with Crippen molar-refractivity contribution in [3.05, 3.63) is 36.0 Å². The minimum Gasteiger partial charge on any atom is -0.459 e. The Balaban J connectivity index is 1.50. The molecule has 3 rings (SSSR count). The third kappa shape index (κ3) is 8.07. The van der Waals surface area contributed by atoms with Crippen LogP contribution in [0.1, 0.15) is 67.2 Å². The van der Waals surface area contributed by atoms with Crippen LogP contribution < -0.4 is 0 Å².